The van der Waals surface area contributed by atoms with Gasteiger partial charge in [-0.25, -0.2) is 0 Å². The van der Waals surface area contributed by atoms with E-state index >= 15 is 0 Å². The summed E-state index contributed by atoms with van der Waals surface area (Å²) in [6.45, 7) is 3.76. The molecule has 0 unspecified atom stereocenters. The molecule has 0 bridgehead atoms. The zero-order chi connectivity index (χ0) is 14.5. The summed E-state index contributed by atoms with van der Waals surface area (Å²) in [7, 11) is 0. The number of amides is 2. The van der Waals surface area contributed by atoms with Crippen molar-refractivity contribution in [2.24, 2.45) is 5.73 Å². The molecule has 2 amide bonds. The highest BCUT2D eigenvalue weighted by Crippen LogP contribution is 2.14. The van der Waals surface area contributed by atoms with Crippen LogP contribution in [0.5, 0.6) is 0 Å². The van der Waals surface area contributed by atoms with Gasteiger partial charge in [0.25, 0.3) is 5.91 Å². The molecule has 0 aromatic heterocycles. The molecule has 0 saturated carbocycles. The molecule has 0 aliphatic heterocycles. The monoisotopic (exact) mass is 300 g/mol. The largest absolute Gasteiger partial charge is 0.325 e. The summed E-state index contributed by atoms with van der Waals surface area (Å²) in [5.41, 5.74) is 5.75. The van der Waals surface area contributed by atoms with Crippen molar-refractivity contribution in [2.45, 2.75) is 19.4 Å². The molecular formula is C13H17ClN2O2S. The van der Waals surface area contributed by atoms with E-state index in [2.05, 4.69) is 5.32 Å². The Morgan fingerprint density at radius 1 is 1.37 bits per heavy atom. The van der Waals surface area contributed by atoms with Crippen molar-refractivity contribution < 1.29 is 9.59 Å². The third kappa shape index (κ3) is 6.09. The molecule has 19 heavy (non-hydrogen) atoms. The Kier molecular flexibility index (Phi) is 5.85. The molecule has 0 aliphatic carbocycles. The van der Waals surface area contributed by atoms with Gasteiger partial charge in [0.2, 0.25) is 5.91 Å². The van der Waals surface area contributed by atoms with Gasteiger partial charge in [-0.1, -0.05) is 23.7 Å². The van der Waals surface area contributed by atoms with Gasteiger partial charge < -0.3 is 5.73 Å². The van der Waals surface area contributed by atoms with Crippen LogP contribution in [0.15, 0.2) is 24.3 Å². The second kappa shape index (κ2) is 6.93. The Morgan fingerprint density at radius 2 is 2.00 bits per heavy atom. The molecule has 4 nitrogen and oxygen atoms in total. The maximum Gasteiger partial charge on any atom is 0.259 e. The van der Waals surface area contributed by atoms with E-state index in [1.807, 2.05) is 13.8 Å². The van der Waals surface area contributed by atoms with E-state index in [1.54, 1.807) is 24.3 Å². The number of hydrogen-bond donors (Lipinski definition) is 2. The van der Waals surface area contributed by atoms with Crippen LogP contribution in [0, 0.1) is 0 Å². The van der Waals surface area contributed by atoms with Crippen LogP contribution >= 0.6 is 23.4 Å². The van der Waals surface area contributed by atoms with Crippen molar-refractivity contribution in [1.82, 2.24) is 5.32 Å². The van der Waals surface area contributed by atoms with E-state index in [0.717, 1.165) is 0 Å². The molecule has 6 heteroatoms. The predicted octanol–water partition coefficient (Wildman–Crippen LogP) is 2.07. The molecule has 0 spiro atoms. The molecule has 0 fully saturated rings. The number of nitrogens with one attached hydrogen (secondary N) is 1. The van der Waals surface area contributed by atoms with Crippen molar-refractivity contribution >= 4 is 35.2 Å². The van der Waals surface area contributed by atoms with E-state index < -0.39 is 5.91 Å². The zero-order valence-electron chi connectivity index (χ0n) is 10.9. The second-order valence-electron chi connectivity index (χ2n) is 4.84. The molecule has 1 aromatic carbocycles. The Morgan fingerprint density at radius 3 is 2.58 bits per heavy atom. The topological polar surface area (TPSA) is 72.2 Å². The minimum absolute atomic E-state index is 0.191. The van der Waals surface area contributed by atoms with Crippen molar-refractivity contribution in [3.05, 3.63) is 34.9 Å². The summed E-state index contributed by atoms with van der Waals surface area (Å²) in [4.78, 5) is 23.4. The van der Waals surface area contributed by atoms with E-state index in [0.29, 0.717) is 16.3 Å². The quantitative estimate of drug-likeness (QED) is 0.873. The number of benzene rings is 1. The van der Waals surface area contributed by atoms with Gasteiger partial charge in [0.05, 0.1) is 16.3 Å². The molecule has 1 rings (SSSR count). The van der Waals surface area contributed by atoms with Crippen LogP contribution in [0.4, 0.5) is 0 Å². The molecule has 0 aliphatic rings. The van der Waals surface area contributed by atoms with Crippen LogP contribution in [-0.4, -0.2) is 28.9 Å². The highest BCUT2D eigenvalue weighted by Gasteiger charge is 2.15. The lowest BCUT2D eigenvalue weighted by molar-refractivity contribution is -0.117. The SMILES string of the molecule is CC(C)(N)CSCC(=O)NC(=O)c1ccccc1Cl. The molecule has 1 aromatic rings. The van der Waals surface area contributed by atoms with E-state index in [9.17, 15) is 9.59 Å². The molecule has 0 heterocycles. The number of carbonyl (C=O) groups is 2. The predicted molar refractivity (Wildman–Crippen MR) is 79.5 cm³/mol. The van der Waals surface area contributed by atoms with Crippen LogP contribution in [0.2, 0.25) is 5.02 Å². The number of rotatable bonds is 5. The first kappa shape index (κ1) is 16.0. The lowest BCUT2D eigenvalue weighted by Crippen LogP contribution is -2.36. The summed E-state index contributed by atoms with van der Waals surface area (Å²) >= 11 is 7.26. The molecule has 0 radical (unpaired) electrons. The summed E-state index contributed by atoms with van der Waals surface area (Å²) in [5, 5.41) is 2.62. The fourth-order valence-electron chi connectivity index (χ4n) is 1.28. The highest BCUT2D eigenvalue weighted by molar-refractivity contribution is 8.00. The first-order valence-corrected chi connectivity index (χ1v) is 7.28. The average molecular weight is 301 g/mol. The molecular weight excluding hydrogens is 284 g/mol. The first-order chi connectivity index (χ1) is 8.79. The van der Waals surface area contributed by atoms with Crippen molar-refractivity contribution in [3.63, 3.8) is 0 Å². The van der Waals surface area contributed by atoms with Crippen LogP contribution in [0.25, 0.3) is 0 Å². The Labute approximate surface area is 122 Å². The first-order valence-electron chi connectivity index (χ1n) is 5.75. The Balaban J connectivity index is 2.45. The highest BCUT2D eigenvalue weighted by atomic mass is 35.5. The third-order valence-corrected chi connectivity index (χ3v) is 3.82. The van der Waals surface area contributed by atoms with Gasteiger partial charge in [-0.2, -0.15) is 11.8 Å². The summed E-state index contributed by atoms with van der Waals surface area (Å²) in [5.74, 6) is -0.000252. The normalized spacial score (nSPS) is 11.2. The lowest BCUT2D eigenvalue weighted by Gasteiger charge is -2.17. The smallest absolute Gasteiger partial charge is 0.259 e. The van der Waals surface area contributed by atoms with Crippen molar-refractivity contribution in [3.8, 4) is 0 Å². The molecule has 3 N–H and O–H groups in total. The molecule has 104 valence electrons. The number of nitrogens with two attached hydrogens (primary N) is 1. The minimum Gasteiger partial charge on any atom is -0.325 e. The molecule has 0 saturated heterocycles. The van der Waals surface area contributed by atoms with Gasteiger partial charge in [-0.05, 0) is 26.0 Å². The van der Waals surface area contributed by atoms with Gasteiger partial charge in [-0.15, -0.1) is 0 Å². The van der Waals surface area contributed by atoms with Gasteiger partial charge in [-0.3, -0.25) is 14.9 Å². The van der Waals surface area contributed by atoms with Gasteiger partial charge in [0.1, 0.15) is 0 Å². The van der Waals surface area contributed by atoms with Gasteiger partial charge in [0.15, 0.2) is 0 Å². The van der Waals surface area contributed by atoms with Crippen LogP contribution < -0.4 is 11.1 Å². The minimum atomic E-state index is -0.483. The Bertz CT molecular complexity index is 472. The standard InChI is InChI=1S/C13H17ClN2O2S/c1-13(2,15)8-19-7-11(17)16-12(18)9-5-3-4-6-10(9)14/h3-6H,7-8,15H2,1-2H3,(H,16,17,18). The van der Waals surface area contributed by atoms with Crippen molar-refractivity contribution in [2.75, 3.05) is 11.5 Å². The number of hydrogen-bond acceptors (Lipinski definition) is 4. The Hall–Kier alpha value is -1.04. The lowest BCUT2D eigenvalue weighted by atomic mass is 10.1. The summed E-state index contributed by atoms with van der Waals surface area (Å²) in [6.07, 6.45) is 0. The molecule has 0 atom stereocenters. The third-order valence-electron chi connectivity index (χ3n) is 2.08. The fourth-order valence-corrected chi connectivity index (χ4v) is 2.39. The summed E-state index contributed by atoms with van der Waals surface area (Å²) < 4.78 is 0. The fraction of sp³-hybridized carbons (Fsp3) is 0.385. The van der Waals surface area contributed by atoms with Crippen LogP contribution in [-0.2, 0) is 4.79 Å². The number of halogens is 1. The van der Waals surface area contributed by atoms with E-state index in [1.165, 1.54) is 11.8 Å². The summed E-state index contributed by atoms with van der Waals surface area (Å²) in [6, 6.07) is 6.59. The maximum atomic E-state index is 11.8. The number of imide groups is 1. The van der Waals surface area contributed by atoms with E-state index in [4.69, 9.17) is 17.3 Å². The second-order valence-corrected chi connectivity index (χ2v) is 6.23. The van der Waals surface area contributed by atoms with Crippen molar-refractivity contribution in [1.29, 1.82) is 0 Å². The van der Waals surface area contributed by atoms with E-state index in [-0.39, 0.29) is 17.2 Å². The van der Waals surface area contributed by atoms with Gasteiger partial charge >= 0.3 is 0 Å². The van der Waals surface area contributed by atoms with Gasteiger partial charge in [0, 0.05) is 11.3 Å². The number of carbonyl (C=O) groups excluding carboxylic acids is 2. The van der Waals surface area contributed by atoms with Crippen LogP contribution in [0.3, 0.4) is 0 Å². The zero-order valence-corrected chi connectivity index (χ0v) is 12.5. The maximum absolute atomic E-state index is 11.8. The number of thioether (sulfide) groups is 1. The average Bonchev–Trinajstić information content (AvgIpc) is 2.27. The van der Waals surface area contributed by atoms with Crippen LogP contribution in [0.1, 0.15) is 24.2 Å².